The number of nitrogens with one attached hydrogen (secondary N) is 2. The van der Waals surface area contributed by atoms with Crippen molar-refractivity contribution < 1.29 is 9.21 Å². The molecule has 4 heteroatoms. The van der Waals surface area contributed by atoms with E-state index in [9.17, 15) is 4.79 Å². The second-order valence-electron chi connectivity index (χ2n) is 4.77. The normalized spacial score (nSPS) is 10.5. The van der Waals surface area contributed by atoms with Gasteiger partial charge in [0.2, 0.25) is 0 Å². The number of hydrogen-bond donors (Lipinski definition) is 2. The van der Waals surface area contributed by atoms with Crippen LogP contribution in [0, 0.1) is 0 Å². The number of carbonyl (C=O) groups excluding carboxylic acids is 1. The maximum atomic E-state index is 11.5. The molecule has 0 atom stereocenters. The number of carbonyl (C=O) groups is 1. The van der Waals surface area contributed by atoms with Gasteiger partial charge in [-0.25, -0.2) is 0 Å². The second kappa shape index (κ2) is 5.71. The van der Waals surface area contributed by atoms with E-state index in [0.717, 1.165) is 22.2 Å². The fraction of sp³-hybridized carbons (Fsp3) is 0.118. The molecule has 2 N–H and O–H groups in total. The minimum atomic E-state index is -0.0811. The van der Waals surface area contributed by atoms with E-state index in [-0.39, 0.29) is 5.91 Å². The standard InChI is InChI=1S/C17H16N2O2/c1-18-17(20)12-6-8-14(9-7-12)19-10-13-11-21-16-5-3-2-4-15(13)16/h2-9,11,19H,10H2,1H3,(H,18,20). The van der Waals surface area contributed by atoms with Crippen LogP contribution in [-0.4, -0.2) is 13.0 Å². The van der Waals surface area contributed by atoms with Crippen molar-refractivity contribution in [3.8, 4) is 0 Å². The monoisotopic (exact) mass is 280 g/mol. The van der Waals surface area contributed by atoms with Crippen LogP contribution in [0.15, 0.2) is 59.2 Å². The molecular formula is C17H16N2O2. The van der Waals surface area contributed by atoms with E-state index in [1.54, 1.807) is 25.4 Å². The molecule has 1 aromatic heterocycles. The Labute approximate surface area is 122 Å². The number of benzene rings is 2. The predicted octanol–water partition coefficient (Wildman–Crippen LogP) is 3.40. The SMILES string of the molecule is CNC(=O)c1ccc(NCc2coc3ccccc23)cc1. The minimum Gasteiger partial charge on any atom is -0.464 e. The van der Waals surface area contributed by atoms with E-state index in [1.165, 1.54) is 0 Å². The minimum absolute atomic E-state index is 0.0811. The molecule has 0 aliphatic heterocycles. The number of rotatable bonds is 4. The van der Waals surface area contributed by atoms with Gasteiger partial charge in [0.15, 0.2) is 0 Å². The maximum absolute atomic E-state index is 11.5. The third-order valence-corrected chi connectivity index (χ3v) is 3.42. The number of para-hydroxylation sites is 1. The van der Waals surface area contributed by atoms with E-state index in [1.807, 2.05) is 36.4 Å². The van der Waals surface area contributed by atoms with Gasteiger partial charge in [0.05, 0.1) is 6.26 Å². The molecule has 1 heterocycles. The van der Waals surface area contributed by atoms with E-state index in [2.05, 4.69) is 10.6 Å². The lowest BCUT2D eigenvalue weighted by Gasteiger charge is -2.06. The molecule has 0 aliphatic carbocycles. The lowest BCUT2D eigenvalue weighted by Crippen LogP contribution is -2.17. The summed E-state index contributed by atoms with van der Waals surface area (Å²) in [7, 11) is 1.62. The number of furan rings is 1. The lowest BCUT2D eigenvalue weighted by atomic mass is 10.1. The van der Waals surface area contributed by atoms with E-state index in [4.69, 9.17) is 4.42 Å². The van der Waals surface area contributed by atoms with Gasteiger partial charge in [-0.3, -0.25) is 4.79 Å². The Hall–Kier alpha value is -2.75. The van der Waals surface area contributed by atoms with Gasteiger partial charge in [0.25, 0.3) is 5.91 Å². The molecule has 0 fully saturated rings. The average molecular weight is 280 g/mol. The van der Waals surface area contributed by atoms with Crippen LogP contribution in [0.5, 0.6) is 0 Å². The van der Waals surface area contributed by atoms with Gasteiger partial charge in [0.1, 0.15) is 5.58 Å². The fourth-order valence-corrected chi connectivity index (χ4v) is 2.25. The van der Waals surface area contributed by atoms with Crippen molar-refractivity contribution >= 4 is 22.6 Å². The quantitative estimate of drug-likeness (QED) is 0.770. The molecule has 0 radical (unpaired) electrons. The number of hydrogen-bond acceptors (Lipinski definition) is 3. The van der Waals surface area contributed by atoms with Gasteiger partial charge in [-0.05, 0) is 30.3 Å². The van der Waals surface area contributed by atoms with Crippen LogP contribution in [0.2, 0.25) is 0 Å². The van der Waals surface area contributed by atoms with E-state index < -0.39 is 0 Å². The third kappa shape index (κ3) is 2.74. The Bertz CT molecular complexity index is 760. The summed E-state index contributed by atoms with van der Waals surface area (Å²) in [6, 6.07) is 15.4. The van der Waals surface area contributed by atoms with Crippen LogP contribution < -0.4 is 10.6 Å². The molecule has 0 unspecified atom stereocenters. The van der Waals surface area contributed by atoms with Crippen molar-refractivity contribution in [1.29, 1.82) is 0 Å². The first-order chi connectivity index (χ1) is 10.3. The van der Waals surface area contributed by atoms with Crippen LogP contribution in [0.1, 0.15) is 15.9 Å². The summed E-state index contributed by atoms with van der Waals surface area (Å²) in [5, 5.41) is 7.05. The lowest BCUT2D eigenvalue weighted by molar-refractivity contribution is 0.0963. The topological polar surface area (TPSA) is 54.3 Å². The molecule has 106 valence electrons. The summed E-state index contributed by atoms with van der Waals surface area (Å²) in [5.41, 5.74) is 3.62. The molecule has 0 aliphatic rings. The van der Waals surface area contributed by atoms with Crippen LogP contribution >= 0.6 is 0 Å². The van der Waals surface area contributed by atoms with Crippen LogP contribution in [-0.2, 0) is 6.54 Å². The molecule has 2 aromatic carbocycles. The molecule has 0 saturated carbocycles. The van der Waals surface area contributed by atoms with Crippen molar-refractivity contribution in [3.63, 3.8) is 0 Å². The molecule has 4 nitrogen and oxygen atoms in total. The Kier molecular flexibility index (Phi) is 3.60. The molecule has 0 bridgehead atoms. The summed E-state index contributed by atoms with van der Waals surface area (Å²) in [6.07, 6.45) is 1.77. The molecule has 3 aromatic rings. The smallest absolute Gasteiger partial charge is 0.251 e. The Morgan fingerprint density at radius 3 is 2.62 bits per heavy atom. The van der Waals surface area contributed by atoms with Gasteiger partial charge in [0, 0.05) is 35.8 Å². The van der Waals surface area contributed by atoms with Crippen molar-refractivity contribution in [3.05, 3.63) is 65.9 Å². The summed E-state index contributed by atoms with van der Waals surface area (Å²) >= 11 is 0. The van der Waals surface area contributed by atoms with Crippen molar-refractivity contribution in [2.24, 2.45) is 0 Å². The van der Waals surface area contributed by atoms with Crippen molar-refractivity contribution in [1.82, 2.24) is 5.32 Å². The molecular weight excluding hydrogens is 264 g/mol. The molecule has 0 spiro atoms. The van der Waals surface area contributed by atoms with Gasteiger partial charge in [-0.1, -0.05) is 18.2 Å². The Balaban J connectivity index is 1.71. The second-order valence-corrected chi connectivity index (χ2v) is 4.77. The summed E-state index contributed by atoms with van der Waals surface area (Å²) in [4.78, 5) is 11.5. The average Bonchev–Trinajstić information content (AvgIpc) is 2.96. The zero-order valence-electron chi connectivity index (χ0n) is 11.7. The summed E-state index contributed by atoms with van der Waals surface area (Å²) < 4.78 is 5.51. The van der Waals surface area contributed by atoms with Gasteiger partial charge in [-0.15, -0.1) is 0 Å². The Morgan fingerprint density at radius 2 is 1.86 bits per heavy atom. The molecule has 0 saturated heterocycles. The van der Waals surface area contributed by atoms with Gasteiger partial charge < -0.3 is 15.1 Å². The summed E-state index contributed by atoms with van der Waals surface area (Å²) in [5.74, 6) is -0.0811. The van der Waals surface area contributed by atoms with Gasteiger partial charge in [-0.2, -0.15) is 0 Å². The zero-order valence-corrected chi connectivity index (χ0v) is 11.7. The number of fused-ring (bicyclic) bond motifs is 1. The van der Waals surface area contributed by atoms with Crippen LogP contribution in [0.4, 0.5) is 5.69 Å². The highest BCUT2D eigenvalue weighted by molar-refractivity contribution is 5.94. The highest BCUT2D eigenvalue weighted by atomic mass is 16.3. The molecule has 21 heavy (non-hydrogen) atoms. The van der Waals surface area contributed by atoms with Gasteiger partial charge >= 0.3 is 0 Å². The van der Waals surface area contributed by atoms with Crippen LogP contribution in [0.3, 0.4) is 0 Å². The van der Waals surface area contributed by atoms with Crippen molar-refractivity contribution in [2.75, 3.05) is 12.4 Å². The molecule has 1 amide bonds. The zero-order chi connectivity index (χ0) is 14.7. The predicted molar refractivity (Wildman–Crippen MR) is 83.4 cm³/mol. The Morgan fingerprint density at radius 1 is 1.10 bits per heavy atom. The maximum Gasteiger partial charge on any atom is 0.251 e. The first-order valence-electron chi connectivity index (χ1n) is 6.79. The summed E-state index contributed by atoms with van der Waals surface area (Å²) in [6.45, 7) is 0.677. The largest absolute Gasteiger partial charge is 0.464 e. The highest BCUT2D eigenvalue weighted by Crippen LogP contribution is 2.21. The van der Waals surface area contributed by atoms with Crippen LogP contribution in [0.25, 0.3) is 11.0 Å². The fourth-order valence-electron chi connectivity index (χ4n) is 2.25. The highest BCUT2D eigenvalue weighted by Gasteiger charge is 2.05. The molecule has 3 rings (SSSR count). The van der Waals surface area contributed by atoms with E-state index in [0.29, 0.717) is 12.1 Å². The van der Waals surface area contributed by atoms with Crippen molar-refractivity contribution in [2.45, 2.75) is 6.54 Å². The third-order valence-electron chi connectivity index (χ3n) is 3.42. The van der Waals surface area contributed by atoms with E-state index >= 15 is 0 Å². The number of amides is 1. The first-order valence-corrected chi connectivity index (χ1v) is 6.79. The number of anilines is 1. The first kappa shape index (κ1) is 13.2.